The molecule has 3 saturated heterocycles. The van der Waals surface area contributed by atoms with Crippen LogP contribution >= 0.6 is 0 Å². The smallest absolute Gasteiger partial charge is 0.338 e. The van der Waals surface area contributed by atoms with Gasteiger partial charge in [-0.25, -0.2) is 15.6 Å². The molecule has 0 aromatic rings. The zero-order chi connectivity index (χ0) is 18.1. The van der Waals surface area contributed by atoms with Crippen LogP contribution in [0.2, 0.25) is 0 Å². The normalized spacial score (nSPS) is 34.3. The number of carbonyl (C=O) groups is 2. The van der Waals surface area contributed by atoms with Crippen LogP contribution in [0.4, 0.5) is 0 Å². The van der Waals surface area contributed by atoms with E-state index < -0.39 is 0 Å². The second kappa shape index (κ2) is 7.61. The monoisotopic (exact) mass is 365 g/mol. The summed E-state index contributed by atoms with van der Waals surface area (Å²) in [5, 5.41) is 6.25. The first-order valence-electron chi connectivity index (χ1n) is 9.50. The Morgan fingerprint density at radius 2 is 2.08 bits per heavy atom. The third-order valence-corrected chi connectivity index (χ3v) is 5.51. The molecule has 0 aromatic heterocycles. The third kappa shape index (κ3) is 3.37. The molecule has 0 radical (unpaired) electrons. The van der Waals surface area contributed by atoms with Crippen LogP contribution in [0.3, 0.4) is 0 Å². The zero-order valence-electron chi connectivity index (χ0n) is 15.0. The average Bonchev–Trinajstić information content (AvgIpc) is 3.39. The number of rotatable bonds is 5. The van der Waals surface area contributed by atoms with Crippen molar-refractivity contribution in [3.05, 3.63) is 11.3 Å². The van der Waals surface area contributed by atoms with E-state index in [1.54, 1.807) is 6.92 Å². The van der Waals surface area contributed by atoms with E-state index in [0.29, 0.717) is 17.9 Å². The Kier molecular flexibility index (Phi) is 5.23. The quantitative estimate of drug-likeness (QED) is 0.457. The number of hydrazine groups is 1. The third-order valence-electron chi connectivity index (χ3n) is 5.51. The van der Waals surface area contributed by atoms with Gasteiger partial charge in [0.25, 0.3) is 0 Å². The summed E-state index contributed by atoms with van der Waals surface area (Å²) in [6.07, 6.45) is 3.02. The van der Waals surface area contributed by atoms with Crippen molar-refractivity contribution in [3.8, 4) is 0 Å². The summed E-state index contributed by atoms with van der Waals surface area (Å²) in [7, 11) is 0. The molecule has 0 spiro atoms. The number of hydrogen-bond acceptors (Lipinski definition) is 8. The number of amides is 1. The van der Waals surface area contributed by atoms with Crippen molar-refractivity contribution in [3.63, 3.8) is 0 Å². The summed E-state index contributed by atoms with van der Waals surface area (Å²) in [4.78, 5) is 27.3. The lowest BCUT2D eigenvalue weighted by atomic mass is 9.95. The van der Waals surface area contributed by atoms with Gasteiger partial charge in [-0.3, -0.25) is 9.69 Å². The van der Waals surface area contributed by atoms with Crippen LogP contribution in [0.1, 0.15) is 32.6 Å². The van der Waals surface area contributed by atoms with Crippen molar-refractivity contribution >= 4 is 11.9 Å². The zero-order valence-corrected chi connectivity index (χ0v) is 15.0. The van der Waals surface area contributed by atoms with Crippen LogP contribution in [-0.2, 0) is 19.1 Å². The van der Waals surface area contributed by atoms with E-state index in [1.165, 1.54) is 0 Å². The van der Waals surface area contributed by atoms with E-state index in [2.05, 4.69) is 26.4 Å². The molecule has 4 unspecified atom stereocenters. The maximum absolute atomic E-state index is 12.7. The van der Waals surface area contributed by atoms with Crippen LogP contribution in [-0.4, -0.2) is 67.6 Å². The number of carbonyl (C=O) groups excluding carboxylic acids is 2. The summed E-state index contributed by atoms with van der Waals surface area (Å²) in [6, 6.07) is -0.336. The summed E-state index contributed by atoms with van der Waals surface area (Å²) in [5.41, 5.74) is 7.45. The van der Waals surface area contributed by atoms with Gasteiger partial charge in [0.2, 0.25) is 5.91 Å². The first-order valence-corrected chi connectivity index (χ1v) is 9.50. The molecule has 0 aromatic carbocycles. The highest BCUT2D eigenvalue weighted by molar-refractivity contribution is 5.93. The van der Waals surface area contributed by atoms with E-state index in [1.807, 2.05) is 0 Å². The Morgan fingerprint density at radius 3 is 2.77 bits per heavy atom. The van der Waals surface area contributed by atoms with Gasteiger partial charge in [-0.15, -0.1) is 0 Å². The number of nitrogens with one attached hydrogen (secondary N) is 4. The maximum atomic E-state index is 12.7. The summed E-state index contributed by atoms with van der Waals surface area (Å²) in [5.74, 6) is -0.519. The fourth-order valence-electron chi connectivity index (χ4n) is 4.15. The van der Waals surface area contributed by atoms with Crippen LogP contribution in [0.5, 0.6) is 0 Å². The van der Waals surface area contributed by atoms with Gasteiger partial charge in [0, 0.05) is 19.8 Å². The van der Waals surface area contributed by atoms with Crippen LogP contribution < -0.4 is 21.5 Å². The molecule has 3 fully saturated rings. The number of ether oxygens (including phenoxy) is 2. The predicted octanol–water partition coefficient (Wildman–Crippen LogP) is -1.07. The molecule has 9 heteroatoms. The first-order chi connectivity index (χ1) is 12.7. The minimum Gasteiger partial charge on any atom is -0.463 e. The SMILES string of the molecule is CCOC(=O)C1=C(NC(=O)C2CCC(N3CCNC3)NN2)C2CCC1O2. The van der Waals surface area contributed by atoms with E-state index in [9.17, 15) is 9.59 Å². The summed E-state index contributed by atoms with van der Waals surface area (Å²) < 4.78 is 10.9. The lowest BCUT2D eigenvalue weighted by molar-refractivity contribution is -0.139. The molecule has 26 heavy (non-hydrogen) atoms. The fraction of sp³-hybridized carbons (Fsp3) is 0.765. The van der Waals surface area contributed by atoms with E-state index in [0.717, 1.165) is 45.4 Å². The van der Waals surface area contributed by atoms with E-state index in [-0.39, 0.29) is 36.3 Å². The van der Waals surface area contributed by atoms with Crippen molar-refractivity contribution in [2.24, 2.45) is 0 Å². The second-order valence-electron chi connectivity index (χ2n) is 7.13. The van der Waals surface area contributed by atoms with Crippen molar-refractivity contribution in [2.45, 2.75) is 57.0 Å². The van der Waals surface area contributed by atoms with E-state index >= 15 is 0 Å². The Bertz CT molecular complexity index is 596. The van der Waals surface area contributed by atoms with Crippen molar-refractivity contribution < 1.29 is 19.1 Å². The van der Waals surface area contributed by atoms with Gasteiger partial charge >= 0.3 is 5.97 Å². The lowest BCUT2D eigenvalue weighted by Crippen LogP contribution is -2.61. The topological polar surface area (TPSA) is 104 Å². The minimum atomic E-state index is -0.383. The molecular weight excluding hydrogens is 338 g/mol. The number of hydrogen-bond donors (Lipinski definition) is 4. The lowest BCUT2D eigenvalue weighted by Gasteiger charge is -2.35. The van der Waals surface area contributed by atoms with Gasteiger partial charge in [-0.2, -0.15) is 0 Å². The van der Waals surface area contributed by atoms with Gasteiger partial charge in [-0.1, -0.05) is 0 Å². The van der Waals surface area contributed by atoms with Gasteiger partial charge < -0.3 is 20.1 Å². The van der Waals surface area contributed by atoms with Crippen LogP contribution in [0, 0.1) is 0 Å². The van der Waals surface area contributed by atoms with Crippen molar-refractivity contribution in [2.75, 3.05) is 26.4 Å². The van der Waals surface area contributed by atoms with E-state index in [4.69, 9.17) is 9.47 Å². The molecule has 4 heterocycles. The molecule has 4 atom stereocenters. The number of nitrogens with zero attached hydrogens (tertiary/aromatic N) is 1. The van der Waals surface area contributed by atoms with Crippen molar-refractivity contribution in [1.82, 2.24) is 26.4 Å². The highest BCUT2D eigenvalue weighted by Gasteiger charge is 2.45. The minimum absolute atomic E-state index is 0.136. The Hall–Kier alpha value is -1.52. The highest BCUT2D eigenvalue weighted by Crippen LogP contribution is 2.38. The van der Waals surface area contributed by atoms with Crippen LogP contribution in [0.25, 0.3) is 0 Å². The predicted molar refractivity (Wildman–Crippen MR) is 92.4 cm³/mol. The van der Waals surface area contributed by atoms with Crippen molar-refractivity contribution in [1.29, 1.82) is 0 Å². The molecule has 0 aliphatic carbocycles. The molecule has 4 aliphatic heterocycles. The molecule has 0 saturated carbocycles. The first kappa shape index (κ1) is 17.9. The van der Waals surface area contributed by atoms with Crippen LogP contribution in [0.15, 0.2) is 11.3 Å². The Balaban J connectivity index is 1.37. The van der Waals surface area contributed by atoms with Gasteiger partial charge in [0.05, 0.1) is 36.3 Å². The van der Waals surface area contributed by atoms with Gasteiger partial charge in [0.1, 0.15) is 6.04 Å². The molecule has 4 aliphatic rings. The maximum Gasteiger partial charge on any atom is 0.338 e. The van der Waals surface area contributed by atoms with Gasteiger partial charge in [-0.05, 0) is 32.6 Å². The molecule has 2 bridgehead atoms. The molecule has 4 rings (SSSR count). The highest BCUT2D eigenvalue weighted by atomic mass is 16.5. The standard InChI is InChI=1S/C17H27N5O4/c1-2-25-17(24)14-11-4-5-12(26-11)15(14)19-16(23)10-3-6-13(21-20-10)22-8-7-18-9-22/h10-13,18,20-21H,2-9H2,1H3,(H,19,23). The fourth-order valence-corrected chi connectivity index (χ4v) is 4.15. The molecule has 1 amide bonds. The molecule has 144 valence electrons. The molecular formula is C17H27N5O4. The second-order valence-corrected chi connectivity index (χ2v) is 7.13. The molecule has 4 N–H and O–H groups in total. The largest absolute Gasteiger partial charge is 0.463 e. The Morgan fingerprint density at radius 1 is 1.23 bits per heavy atom. The van der Waals surface area contributed by atoms with Gasteiger partial charge in [0.15, 0.2) is 0 Å². The summed E-state index contributed by atoms with van der Waals surface area (Å²) in [6.45, 7) is 4.95. The number of esters is 1. The Labute approximate surface area is 152 Å². The summed E-state index contributed by atoms with van der Waals surface area (Å²) >= 11 is 0. The number of fused-ring (bicyclic) bond motifs is 2. The average molecular weight is 365 g/mol. The molecule has 9 nitrogen and oxygen atoms in total.